The zero-order valence-electron chi connectivity index (χ0n) is 12.4. The van der Waals surface area contributed by atoms with Crippen molar-refractivity contribution in [3.63, 3.8) is 0 Å². The minimum absolute atomic E-state index is 0.239. The van der Waals surface area contributed by atoms with Crippen LogP contribution in [-0.4, -0.2) is 5.91 Å². The first-order chi connectivity index (χ1) is 10.2. The van der Waals surface area contributed by atoms with E-state index in [0.717, 1.165) is 23.1 Å². The van der Waals surface area contributed by atoms with Gasteiger partial charge in [-0.05, 0) is 67.4 Å². The van der Waals surface area contributed by atoms with Gasteiger partial charge in [-0.25, -0.2) is 0 Å². The molecule has 0 spiro atoms. The standard InChI is InChI=1S/C18H24N2O/c19-10-13-3-1-2-4-16(13)20-18(21)17-14-6-11-5-12(8-14)9-15(17)7-11/h1-4,11-12,14-15,17H,5-10,19H2,(H,20,21). The highest BCUT2D eigenvalue weighted by atomic mass is 16.1. The Balaban J connectivity index is 1.53. The molecule has 3 heteroatoms. The third kappa shape index (κ3) is 2.28. The van der Waals surface area contributed by atoms with Crippen molar-refractivity contribution in [3.8, 4) is 0 Å². The summed E-state index contributed by atoms with van der Waals surface area (Å²) in [5.41, 5.74) is 7.69. The zero-order chi connectivity index (χ0) is 14.4. The summed E-state index contributed by atoms with van der Waals surface area (Å²) in [6.07, 6.45) is 6.55. The van der Waals surface area contributed by atoms with E-state index >= 15 is 0 Å². The third-order valence-electron chi connectivity index (χ3n) is 6.02. The lowest BCUT2D eigenvalue weighted by atomic mass is 9.51. The van der Waals surface area contributed by atoms with Crippen molar-refractivity contribution in [2.45, 2.75) is 38.6 Å². The number of hydrogen-bond acceptors (Lipinski definition) is 2. The fourth-order valence-corrected chi connectivity index (χ4v) is 5.39. The normalized spacial score (nSPS) is 36.7. The summed E-state index contributed by atoms with van der Waals surface area (Å²) in [6, 6.07) is 7.90. The van der Waals surface area contributed by atoms with Gasteiger partial charge in [-0.3, -0.25) is 4.79 Å². The van der Waals surface area contributed by atoms with E-state index in [1.165, 1.54) is 32.1 Å². The number of anilines is 1. The molecule has 4 bridgehead atoms. The maximum atomic E-state index is 12.8. The van der Waals surface area contributed by atoms with E-state index < -0.39 is 0 Å². The molecule has 0 aromatic heterocycles. The lowest BCUT2D eigenvalue weighted by Crippen LogP contribution is -2.49. The average Bonchev–Trinajstić information content (AvgIpc) is 2.46. The average molecular weight is 284 g/mol. The highest BCUT2D eigenvalue weighted by molar-refractivity contribution is 5.93. The molecule has 0 radical (unpaired) electrons. The molecular weight excluding hydrogens is 260 g/mol. The van der Waals surface area contributed by atoms with Gasteiger partial charge in [0.25, 0.3) is 0 Å². The molecule has 0 unspecified atom stereocenters. The summed E-state index contributed by atoms with van der Waals surface area (Å²) < 4.78 is 0. The van der Waals surface area contributed by atoms with Crippen molar-refractivity contribution in [3.05, 3.63) is 29.8 Å². The molecule has 112 valence electrons. The van der Waals surface area contributed by atoms with E-state index in [1.807, 2.05) is 24.3 Å². The van der Waals surface area contributed by atoms with E-state index in [1.54, 1.807) is 0 Å². The number of rotatable bonds is 3. The minimum atomic E-state index is 0.239. The highest BCUT2D eigenvalue weighted by Crippen LogP contribution is 2.56. The molecule has 1 aromatic rings. The Morgan fingerprint density at radius 2 is 1.67 bits per heavy atom. The van der Waals surface area contributed by atoms with E-state index in [4.69, 9.17) is 5.73 Å². The van der Waals surface area contributed by atoms with Gasteiger partial charge in [-0.15, -0.1) is 0 Å². The van der Waals surface area contributed by atoms with Crippen molar-refractivity contribution in [1.29, 1.82) is 0 Å². The largest absolute Gasteiger partial charge is 0.326 e. The zero-order valence-corrected chi connectivity index (χ0v) is 12.4. The molecule has 21 heavy (non-hydrogen) atoms. The van der Waals surface area contributed by atoms with Gasteiger partial charge in [0.1, 0.15) is 0 Å². The first-order valence-corrected chi connectivity index (χ1v) is 8.33. The van der Waals surface area contributed by atoms with Crippen molar-refractivity contribution in [1.82, 2.24) is 0 Å². The molecule has 4 aliphatic carbocycles. The maximum Gasteiger partial charge on any atom is 0.228 e. The minimum Gasteiger partial charge on any atom is -0.326 e. The second kappa shape index (κ2) is 5.13. The second-order valence-corrected chi connectivity index (χ2v) is 7.31. The van der Waals surface area contributed by atoms with Crippen LogP contribution >= 0.6 is 0 Å². The quantitative estimate of drug-likeness (QED) is 0.896. The smallest absolute Gasteiger partial charge is 0.228 e. The molecule has 0 aliphatic heterocycles. The lowest BCUT2D eigenvalue weighted by molar-refractivity contribution is -0.132. The van der Waals surface area contributed by atoms with Gasteiger partial charge >= 0.3 is 0 Å². The van der Waals surface area contributed by atoms with Gasteiger partial charge < -0.3 is 11.1 Å². The SMILES string of the molecule is NCc1ccccc1NC(=O)C1C2CC3CC(C2)CC1C3. The first kappa shape index (κ1) is 13.3. The molecule has 3 N–H and O–H groups in total. The summed E-state index contributed by atoms with van der Waals surface area (Å²) in [6.45, 7) is 0.470. The Morgan fingerprint density at radius 1 is 1.05 bits per heavy atom. The fraction of sp³-hybridized carbons (Fsp3) is 0.611. The predicted octanol–water partition coefficient (Wildman–Crippen LogP) is 3.16. The Hall–Kier alpha value is -1.35. The van der Waals surface area contributed by atoms with Gasteiger partial charge in [0, 0.05) is 18.2 Å². The number of nitrogens with two attached hydrogens (primary N) is 1. The molecular formula is C18H24N2O. The number of hydrogen-bond donors (Lipinski definition) is 2. The van der Waals surface area contributed by atoms with Gasteiger partial charge in [0.2, 0.25) is 5.91 Å². The molecule has 0 atom stereocenters. The number of nitrogens with one attached hydrogen (secondary N) is 1. The molecule has 1 aromatic carbocycles. The maximum absolute atomic E-state index is 12.8. The van der Waals surface area contributed by atoms with Gasteiger partial charge in [0.05, 0.1) is 0 Å². The highest BCUT2D eigenvalue weighted by Gasteiger charge is 2.50. The molecule has 4 saturated carbocycles. The fourth-order valence-electron chi connectivity index (χ4n) is 5.39. The number of carbonyl (C=O) groups is 1. The summed E-state index contributed by atoms with van der Waals surface area (Å²) in [5, 5.41) is 3.17. The van der Waals surface area contributed by atoms with Crippen LogP contribution in [0.3, 0.4) is 0 Å². The van der Waals surface area contributed by atoms with E-state index in [0.29, 0.717) is 18.4 Å². The van der Waals surface area contributed by atoms with Gasteiger partial charge in [0.15, 0.2) is 0 Å². The molecule has 4 aliphatic rings. The molecule has 0 heterocycles. The summed E-state index contributed by atoms with van der Waals surface area (Å²) >= 11 is 0. The summed E-state index contributed by atoms with van der Waals surface area (Å²) in [5.74, 6) is 3.56. The predicted molar refractivity (Wildman–Crippen MR) is 83.5 cm³/mol. The van der Waals surface area contributed by atoms with E-state index in [-0.39, 0.29) is 11.8 Å². The number of amides is 1. The first-order valence-electron chi connectivity index (χ1n) is 8.33. The number of para-hydroxylation sites is 1. The van der Waals surface area contributed by atoms with Crippen LogP contribution < -0.4 is 11.1 Å². The van der Waals surface area contributed by atoms with E-state index in [2.05, 4.69) is 5.32 Å². The van der Waals surface area contributed by atoms with Crippen LogP contribution in [0.1, 0.15) is 37.7 Å². The van der Waals surface area contributed by atoms with Crippen LogP contribution in [-0.2, 0) is 11.3 Å². The Morgan fingerprint density at radius 3 is 2.29 bits per heavy atom. The Bertz CT molecular complexity index is 526. The van der Waals surface area contributed by atoms with Crippen LogP contribution in [0.15, 0.2) is 24.3 Å². The number of carbonyl (C=O) groups excluding carboxylic acids is 1. The molecule has 5 rings (SSSR count). The van der Waals surface area contributed by atoms with Gasteiger partial charge in [-0.2, -0.15) is 0 Å². The summed E-state index contributed by atoms with van der Waals surface area (Å²) in [4.78, 5) is 12.8. The van der Waals surface area contributed by atoms with Crippen LogP contribution in [0.4, 0.5) is 5.69 Å². The lowest BCUT2D eigenvalue weighted by Gasteiger charge is -2.53. The topological polar surface area (TPSA) is 55.1 Å². The summed E-state index contributed by atoms with van der Waals surface area (Å²) in [7, 11) is 0. The van der Waals surface area contributed by atoms with Gasteiger partial charge in [-0.1, -0.05) is 18.2 Å². The van der Waals surface area contributed by atoms with Crippen LogP contribution in [0.25, 0.3) is 0 Å². The molecule has 0 saturated heterocycles. The van der Waals surface area contributed by atoms with Crippen molar-refractivity contribution in [2.24, 2.45) is 35.3 Å². The molecule has 4 fully saturated rings. The Kier molecular flexibility index (Phi) is 3.26. The van der Waals surface area contributed by atoms with Crippen molar-refractivity contribution < 1.29 is 4.79 Å². The van der Waals surface area contributed by atoms with Crippen molar-refractivity contribution in [2.75, 3.05) is 5.32 Å². The van der Waals surface area contributed by atoms with Crippen LogP contribution in [0.5, 0.6) is 0 Å². The number of benzene rings is 1. The molecule has 3 nitrogen and oxygen atoms in total. The Labute approximate surface area is 126 Å². The second-order valence-electron chi connectivity index (χ2n) is 7.31. The monoisotopic (exact) mass is 284 g/mol. The third-order valence-corrected chi connectivity index (χ3v) is 6.02. The van der Waals surface area contributed by atoms with E-state index in [9.17, 15) is 4.79 Å². The van der Waals surface area contributed by atoms with Crippen molar-refractivity contribution >= 4 is 11.6 Å². The van der Waals surface area contributed by atoms with Crippen LogP contribution in [0.2, 0.25) is 0 Å². The molecule has 1 amide bonds. The van der Waals surface area contributed by atoms with Crippen LogP contribution in [0, 0.1) is 29.6 Å².